The van der Waals surface area contributed by atoms with Gasteiger partial charge in [0.15, 0.2) is 0 Å². The van der Waals surface area contributed by atoms with Crippen molar-refractivity contribution in [2.24, 2.45) is 0 Å². The Bertz CT molecular complexity index is 514. The highest BCUT2D eigenvalue weighted by Gasteiger charge is 2.17. The Morgan fingerprint density at radius 2 is 2.16 bits per heavy atom. The highest BCUT2D eigenvalue weighted by atomic mass is 32.2. The SMILES string of the molecule is CS(=O)(=O)CCCNC1CCNCc2ccccc21. The highest BCUT2D eigenvalue weighted by Crippen LogP contribution is 2.23. The molecule has 1 aliphatic heterocycles. The van der Waals surface area contributed by atoms with Crippen molar-refractivity contribution in [1.29, 1.82) is 0 Å². The second-order valence-electron chi connectivity index (χ2n) is 5.15. The van der Waals surface area contributed by atoms with E-state index in [9.17, 15) is 8.42 Å². The van der Waals surface area contributed by atoms with Crippen molar-refractivity contribution in [3.8, 4) is 0 Å². The van der Waals surface area contributed by atoms with E-state index in [1.54, 1.807) is 0 Å². The number of fused-ring (bicyclic) bond motifs is 1. The Morgan fingerprint density at radius 1 is 1.37 bits per heavy atom. The van der Waals surface area contributed by atoms with Gasteiger partial charge in [0.2, 0.25) is 0 Å². The predicted molar refractivity (Wildman–Crippen MR) is 77.8 cm³/mol. The largest absolute Gasteiger partial charge is 0.313 e. The van der Waals surface area contributed by atoms with E-state index in [1.165, 1.54) is 17.4 Å². The average Bonchev–Trinajstić information content (AvgIpc) is 2.56. The van der Waals surface area contributed by atoms with Crippen LogP contribution < -0.4 is 10.6 Å². The molecule has 0 saturated carbocycles. The molecule has 1 aliphatic rings. The minimum atomic E-state index is -2.85. The highest BCUT2D eigenvalue weighted by molar-refractivity contribution is 7.90. The standard InChI is InChI=1S/C14H22N2O2S/c1-19(17,18)10-4-8-16-14-7-9-15-11-12-5-2-3-6-13(12)14/h2-3,5-6,14-16H,4,7-11H2,1H3. The van der Waals surface area contributed by atoms with Crippen molar-refractivity contribution < 1.29 is 8.42 Å². The zero-order chi connectivity index (χ0) is 13.7. The van der Waals surface area contributed by atoms with E-state index >= 15 is 0 Å². The molecular formula is C14H22N2O2S. The van der Waals surface area contributed by atoms with Crippen molar-refractivity contribution in [3.63, 3.8) is 0 Å². The summed E-state index contributed by atoms with van der Waals surface area (Å²) in [5, 5.41) is 6.90. The topological polar surface area (TPSA) is 58.2 Å². The number of rotatable bonds is 5. The minimum Gasteiger partial charge on any atom is -0.313 e. The number of hydrogen-bond acceptors (Lipinski definition) is 4. The number of benzene rings is 1. The van der Waals surface area contributed by atoms with Gasteiger partial charge in [0.1, 0.15) is 9.84 Å². The van der Waals surface area contributed by atoms with Crippen LogP contribution in [0.3, 0.4) is 0 Å². The van der Waals surface area contributed by atoms with Crippen molar-refractivity contribution in [1.82, 2.24) is 10.6 Å². The fraction of sp³-hybridized carbons (Fsp3) is 0.571. The van der Waals surface area contributed by atoms with Gasteiger partial charge in [0.05, 0.1) is 5.75 Å². The fourth-order valence-electron chi connectivity index (χ4n) is 2.48. The molecule has 1 aromatic rings. The molecule has 1 unspecified atom stereocenters. The summed E-state index contributed by atoms with van der Waals surface area (Å²) >= 11 is 0. The third-order valence-electron chi connectivity index (χ3n) is 3.44. The van der Waals surface area contributed by atoms with Crippen LogP contribution >= 0.6 is 0 Å². The quantitative estimate of drug-likeness (QED) is 0.798. The van der Waals surface area contributed by atoms with Crippen LogP contribution in [0.25, 0.3) is 0 Å². The van der Waals surface area contributed by atoms with Crippen LogP contribution in [0, 0.1) is 0 Å². The van der Waals surface area contributed by atoms with Crippen LogP contribution in [0.5, 0.6) is 0 Å². The van der Waals surface area contributed by atoms with Crippen LogP contribution in [0.1, 0.15) is 30.0 Å². The molecule has 1 aromatic carbocycles. The van der Waals surface area contributed by atoms with Crippen molar-refractivity contribution in [2.75, 3.05) is 25.1 Å². The Labute approximate surface area is 115 Å². The first-order chi connectivity index (χ1) is 9.06. The lowest BCUT2D eigenvalue weighted by Crippen LogP contribution is -2.25. The number of nitrogens with one attached hydrogen (secondary N) is 2. The molecule has 0 bridgehead atoms. The van der Waals surface area contributed by atoms with Gasteiger partial charge in [-0.3, -0.25) is 0 Å². The van der Waals surface area contributed by atoms with Gasteiger partial charge in [-0.15, -0.1) is 0 Å². The summed E-state index contributed by atoms with van der Waals surface area (Å²) in [6, 6.07) is 8.77. The van der Waals surface area contributed by atoms with E-state index in [1.807, 2.05) is 0 Å². The first kappa shape index (κ1) is 14.5. The summed E-state index contributed by atoms with van der Waals surface area (Å²) < 4.78 is 22.2. The maximum atomic E-state index is 11.1. The molecule has 0 aliphatic carbocycles. The van der Waals surface area contributed by atoms with Crippen LogP contribution in [-0.2, 0) is 16.4 Å². The minimum absolute atomic E-state index is 0.257. The summed E-state index contributed by atoms with van der Waals surface area (Å²) in [7, 11) is -2.85. The Morgan fingerprint density at radius 3 is 2.95 bits per heavy atom. The first-order valence-corrected chi connectivity index (χ1v) is 8.82. The molecule has 0 fully saturated rings. The predicted octanol–water partition coefficient (Wildman–Crippen LogP) is 1.25. The van der Waals surface area contributed by atoms with E-state index < -0.39 is 9.84 Å². The second kappa shape index (κ2) is 6.50. The van der Waals surface area contributed by atoms with Crippen LogP contribution in [0.4, 0.5) is 0 Å². The van der Waals surface area contributed by atoms with E-state index in [0.717, 1.165) is 26.1 Å². The van der Waals surface area contributed by atoms with E-state index in [0.29, 0.717) is 12.5 Å². The van der Waals surface area contributed by atoms with Crippen LogP contribution in [0.15, 0.2) is 24.3 Å². The maximum Gasteiger partial charge on any atom is 0.147 e. The molecule has 4 nitrogen and oxygen atoms in total. The molecule has 0 aromatic heterocycles. The van der Waals surface area contributed by atoms with Gasteiger partial charge in [-0.05, 0) is 37.1 Å². The maximum absolute atomic E-state index is 11.1. The molecule has 0 saturated heterocycles. The summed E-state index contributed by atoms with van der Waals surface area (Å²) in [4.78, 5) is 0. The van der Waals surface area contributed by atoms with Crippen LogP contribution in [0.2, 0.25) is 0 Å². The van der Waals surface area contributed by atoms with E-state index in [4.69, 9.17) is 0 Å². The molecule has 1 heterocycles. The molecule has 0 radical (unpaired) electrons. The third-order valence-corrected chi connectivity index (χ3v) is 4.47. The molecule has 2 N–H and O–H groups in total. The van der Waals surface area contributed by atoms with Crippen LogP contribution in [-0.4, -0.2) is 33.5 Å². The summed E-state index contributed by atoms with van der Waals surface area (Å²) in [6.07, 6.45) is 3.00. The molecule has 2 rings (SSSR count). The Kier molecular flexibility index (Phi) is 4.96. The van der Waals surface area contributed by atoms with Gasteiger partial charge in [-0.25, -0.2) is 8.42 Å². The van der Waals surface area contributed by atoms with Crippen molar-refractivity contribution in [3.05, 3.63) is 35.4 Å². The lowest BCUT2D eigenvalue weighted by molar-refractivity contribution is 0.495. The average molecular weight is 282 g/mol. The zero-order valence-electron chi connectivity index (χ0n) is 11.4. The molecule has 0 amide bonds. The summed E-state index contributed by atoms with van der Waals surface area (Å²) in [6.45, 7) is 2.64. The normalized spacial score (nSPS) is 19.7. The van der Waals surface area contributed by atoms with Crippen molar-refractivity contribution in [2.45, 2.75) is 25.4 Å². The number of sulfone groups is 1. The third kappa shape index (κ3) is 4.60. The van der Waals surface area contributed by atoms with Gasteiger partial charge in [-0.1, -0.05) is 24.3 Å². The molecule has 19 heavy (non-hydrogen) atoms. The molecular weight excluding hydrogens is 260 g/mol. The van der Waals surface area contributed by atoms with E-state index in [-0.39, 0.29) is 5.75 Å². The number of hydrogen-bond donors (Lipinski definition) is 2. The Balaban J connectivity index is 1.93. The zero-order valence-corrected chi connectivity index (χ0v) is 12.2. The lowest BCUT2D eigenvalue weighted by atomic mass is 9.99. The second-order valence-corrected chi connectivity index (χ2v) is 7.41. The first-order valence-electron chi connectivity index (χ1n) is 6.76. The lowest BCUT2D eigenvalue weighted by Gasteiger charge is -2.18. The fourth-order valence-corrected chi connectivity index (χ4v) is 3.15. The van der Waals surface area contributed by atoms with Gasteiger partial charge in [0.25, 0.3) is 0 Å². The Hall–Kier alpha value is -0.910. The molecule has 106 valence electrons. The summed E-state index contributed by atoms with van der Waals surface area (Å²) in [5.41, 5.74) is 2.67. The van der Waals surface area contributed by atoms with Gasteiger partial charge < -0.3 is 10.6 Å². The van der Waals surface area contributed by atoms with Gasteiger partial charge >= 0.3 is 0 Å². The smallest absolute Gasteiger partial charge is 0.147 e. The summed E-state index contributed by atoms with van der Waals surface area (Å²) in [5.74, 6) is 0.257. The monoisotopic (exact) mass is 282 g/mol. The molecule has 5 heteroatoms. The molecule has 0 spiro atoms. The van der Waals surface area contributed by atoms with E-state index in [2.05, 4.69) is 34.9 Å². The molecule has 1 atom stereocenters. The van der Waals surface area contributed by atoms with Gasteiger partial charge in [0, 0.05) is 18.8 Å². The van der Waals surface area contributed by atoms with Gasteiger partial charge in [-0.2, -0.15) is 0 Å². The van der Waals surface area contributed by atoms with Crippen molar-refractivity contribution >= 4 is 9.84 Å².